The van der Waals surface area contributed by atoms with Crippen LogP contribution in [-0.2, 0) is 0 Å². The first kappa shape index (κ1) is 12.1. The first-order chi connectivity index (χ1) is 10.3. The van der Waals surface area contributed by atoms with Gasteiger partial charge < -0.3 is 4.42 Å². The fourth-order valence-corrected chi connectivity index (χ4v) is 2.38. The molecule has 0 unspecified atom stereocenters. The van der Waals surface area contributed by atoms with E-state index in [-0.39, 0.29) is 0 Å². The molecule has 4 aromatic rings. The summed E-state index contributed by atoms with van der Waals surface area (Å²) in [5, 5.41) is 8.19. The molecule has 0 radical (unpaired) electrons. The summed E-state index contributed by atoms with van der Waals surface area (Å²) in [6.45, 7) is 0. The van der Waals surface area contributed by atoms with E-state index in [4.69, 9.17) is 16.0 Å². The van der Waals surface area contributed by atoms with Gasteiger partial charge >= 0.3 is 0 Å². The van der Waals surface area contributed by atoms with Gasteiger partial charge in [0.2, 0.25) is 5.89 Å². The Hall–Kier alpha value is -2.66. The van der Waals surface area contributed by atoms with Crippen LogP contribution in [0.15, 0.2) is 59.5 Å². The monoisotopic (exact) mass is 296 g/mol. The van der Waals surface area contributed by atoms with Crippen molar-refractivity contribution in [3.8, 4) is 17.1 Å². The van der Waals surface area contributed by atoms with E-state index in [1.807, 2.05) is 36.4 Å². The minimum atomic E-state index is 0.558. The lowest BCUT2D eigenvalue weighted by Gasteiger charge is -2.05. The predicted octanol–water partition coefficient (Wildman–Crippen LogP) is 3.73. The van der Waals surface area contributed by atoms with Crippen LogP contribution >= 0.6 is 11.6 Å². The zero-order valence-electron chi connectivity index (χ0n) is 10.8. The third-order valence-electron chi connectivity index (χ3n) is 3.18. The summed E-state index contributed by atoms with van der Waals surface area (Å²) in [6.07, 6.45) is 3.19. The van der Waals surface area contributed by atoms with Gasteiger partial charge in [-0.2, -0.15) is 0 Å². The van der Waals surface area contributed by atoms with Gasteiger partial charge in [-0.15, -0.1) is 10.2 Å². The van der Waals surface area contributed by atoms with Gasteiger partial charge in [0.15, 0.2) is 5.58 Å². The Morgan fingerprint density at radius 1 is 1.00 bits per heavy atom. The SMILES string of the molecule is Clc1ccc(-c2nc3ccccc3o2)cc1-n1cnnc1. The molecule has 2 aromatic carbocycles. The van der Waals surface area contributed by atoms with Crippen molar-refractivity contribution < 1.29 is 4.42 Å². The molecule has 0 saturated carbocycles. The molecule has 0 N–H and O–H groups in total. The topological polar surface area (TPSA) is 56.7 Å². The second-order valence-electron chi connectivity index (χ2n) is 4.52. The lowest BCUT2D eigenvalue weighted by Crippen LogP contribution is -1.92. The molecular weight excluding hydrogens is 288 g/mol. The van der Waals surface area contributed by atoms with Gasteiger partial charge in [-0.25, -0.2) is 4.98 Å². The molecule has 2 heterocycles. The summed E-state index contributed by atoms with van der Waals surface area (Å²) >= 11 is 6.23. The minimum Gasteiger partial charge on any atom is -0.436 e. The molecule has 21 heavy (non-hydrogen) atoms. The Balaban J connectivity index is 1.87. The Labute approximate surface area is 124 Å². The van der Waals surface area contributed by atoms with E-state index in [0.29, 0.717) is 10.9 Å². The number of aromatic nitrogens is 4. The van der Waals surface area contributed by atoms with Crippen molar-refractivity contribution in [3.63, 3.8) is 0 Å². The van der Waals surface area contributed by atoms with Crippen LogP contribution in [0.4, 0.5) is 0 Å². The first-order valence-electron chi connectivity index (χ1n) is 6.32. The van der Waals surface area contributed by atoms with Crippen LogP contribution < -0.4 is 0 Å². The number of hydrogen-bond donors (Lipinski definition) is 0. The van der Waals surface area contributed by atoms with Gasteiger partial charge in [0, 0.05) is 5.56 Å². The van der Waals surface area contributed by atoms with Gasteiger partial charge in [-0.05, 0) is 30.3 Å². The summed E-state index contributed by atoms with van der Waals surface area (Å²) in [7, 11) is 0. The third-order valence-corrected chi connectivity index (χ3v) is 3.50. The zero-order chi connectivity index (χ0) is 14.2. The van der Waals surface area contributed by atoms with Crippen LogP contribution in [0.3, 0.4) is 0 Å². The number of halogens is 1. The number of nitrogens with zero attached hydrogens (tertiary/aromatic N) is 4. The fraction of sp³-hybridized carbons (Fsp3) is 0. The van der Waals surface area contributed by atoms with E-state index in [0.717, 1.165) is 22.4 Å². The second kappa shape index (κ2) is 4.71. The minimum absolute atomic E-state index is 0.558. The first-order valence-corrected chi connectivity index (χ1v) is 6.69. The van der Waals surface area contributed by atoms with Crippen LogP contribution in [0.1, 0.15) is 0 Å². The molecule has 0 aliphatic carbocycles. The van der Waals surface area contributed by atoms with Crippen molar-refractivity contribution in [2.75, 3.05) is 0 Å². The maximum Gasteiger partial charge on any atom is 0.227 e. The molecule has 6 heteroatoms. The number of hydrogen-bond acceptors (Lipinski definition) is 4. The van der Waals surface area contributed by atoms with E-state index < -0.39 is 0 Å². The lowest BCUT2D eigenvalue weighted by atomic mass is 10.2. The molecule has 4 rings (SSSR count). The molecule has 0 atom stereocenters. The van der Waals surface area contributed by atoms with Crippen molar-refractivity contribution in [1.29, 1.82) is 0 Å². The standard InChI is InChI=1S/C15H9ClN4O/c16-11-6-5-10(7-13(11)20-8-17-18-9-20)15-19-12-3-1-2-4-14(12)21-15/h1-9H. The van der Waals surface area contributed by atoms with Crippen LogP contribution in [0.2, 0.25) is 5.02 Å². The number of para-hydroxylation sites is 2. The number of benzene rings is 2. The van der Waals surface area contributed by atoms with E-state index in [2.05, 4.69) is 15.2 Å². The molecule has 0 aliphatic rings. The molecule has 0 aliphatic heterocycles. The van der Waals surface area contributed by atoms with E-state index >= 15 is 0 Å². The molecule has 0 fully saturated rings. The molecule has 102 valence electrons. The summed E-state index contributed by atoms with van der Waals surface area (Å²) in [5.41, 5.74) is 3.21. The average Bonchev–Trinajstić information content (AvgIpc) is 3.17. The maximum atomic E-state index is 6.23. The van der Waals surface area contributed by atoms with Crippen LogP contribution in [0.25, 0.3) is 28.2 Å². The van der Waals surface area contributed by atoms with Crippen molar-refractivity contribution in [2.24, 2.45) is 0 Å². The summed E-state index contributed by atoms with van der Waals surface area (Å²) in [6, 6.07) is 13.2. The molecule has 0 spiro atoms. The van der Waals surface area contributed by atoms with Gasteiger partial charge in [0.1, 0.15) is 18.2 Å². The summed E-state index contributed by atoms with van der Waals surface area (Å²) in [5.74, 6) is 0.558. The van der Waals surface area contributed by atoms with Gasteiger partial charge in [-0.3, -0.25) is 4.57 Å². The number of rotatable bonds is 2. The normalized spacial score (nSPS) is 11.1. The Kier molecular flexibility index (Phi) is 2.72. The van der Waals surface area contributed by atoms with Gasteiger partial charge in [0.05, 0.1) is 10.7 Å². The fourth-order valence-electron chi connectivity index (χ4n) is 2.16. The highest BCUT2D eigenvalue weighted by atomic mass is 35.5. The van der Waals surface area contributed by atoms with Crippen molar-refractivity contribution in [3.05, 3.63) is 60.1 Å². The molecule has 0 bridgehead atoms. The summed E-state index contributed by atoms with van der Waals surface area (Å²) in [4.78, 5) is 4.48. The number of oxazole rings is 1. The van der Waals surface area contributed by atoms with Crippen LogP contribution in [0.5, 0.6) is 0 Å². The van der Waals surface area contributed by atoms with Gasteiger partial charge in [-0.1, -0.05) is 23.7 Å². The third kappa shape index (κ3) is 2.08. The van der Waals surface area contributed by atoms with Crippen molar-refractivity contribution >= 4 is 22.7 Å². The highest BCUT2D eigenvalue weighted by Gasteiger charge is 2.11. The van der Waals surface area contributed by atoms with E-state index in [1.54, 1.807) is 23.3 Å². The average molecular weight is 297 g/mol. The van der Waals surface area contributed by atoms with Crippen LogP contribution in [-0.4, -0.2) is 19.7 Å². The Morgan fingerprint density at radius 3 is 2.62 bits per heavy atom. The number of fused-ring (bicyclic) bond motifs is 1. The predicted molar refractivity (Wildman–Crippen MR) is 79.4 cm³/mol. The maximum absolute atomic E-state index is 6.23. The van der Waals surface area contributed by atoms with Crippen molar-refractivity contribution in [1.82, 2.24) is 19.7 Å². The Morgan fingerprint density at radius 2 is 1.81 bits per heavy atom. The van der Waals surface area contributed by atoms with Crippen molar-refractivity contribution in [2.45, 2.75) is 0 Å². The molecule has 2 aromatic heterocycles. The zero-order valence-corrected chi connectivity index (χ0v) is 11.5. The molecule has 0 amide bonds. The summed E-state index contributed by atoms with van der Waals surface area (Å²) < 4.78 is 7.52. The lowest BCUT2D eigenvalue weighted by molar-refractivity contribution is 0.620. The van der Waals surface area contributed by atoms with Crippen LogP contribution in [0, 0.1) is 0 Å². The molecule has 0 saturated heterocycles. The highest BCUT2D eigenvalue weighted by molar-refractivity contribution is 6.32. The second-order valence-corrected chi connectivity index (χ2v) is 4.93. The largest absolute Gasteiger partial charge is 0.436 e. The molecular formula is C15H9ClN4O. The van der Waals surface area contributed by atoms with E-state index in [1.165, 1.54) is 0 Å². The quantitative estimate of drug-likeness (QED) is 0.565. The van der Waals surface area contributed by atoms with E-state index in [9.17, 15) is 0 Å². The smallest absolute Gasteiger partial charge is 0.227 e. The van der Waals surface area contributed by atoms with Gasteiger partial charge in [0.25, 0.3) is 0 Å². The molecule has 5 nitrogen and oxygen atoms in total. The Bertz CT molecular complexity index is 881. The highest BCUT2D eigenvalue weighted by Crippen LogP contribution is 2.29.